The fourth-order valence-electron chi connectivity index (χ4n) is 2.88. The maximum Gasteiger partial charge on any atom is 0.191 e. The average Bonchev–Trinajstić information content (AvgIpc) is 2.53. The zero-order valence-corrected chi connectivity index (χ0v) is 17.8. The van der Waals surface area contributed by atoms with Gasteiger partial charge in [-0.05, 0) is 42.9 Å². The molecule has 1 saturated heterocycles. The first kappa shape index (κ1) is 20.7. The molecular weight excluding hydrogens is 469 g/mol. The summed E-state index contributed by atoms with van der Waals surface area (Å²) in [4.78, 5) is 6.61. The summed E-state index contributed by atoms with van der Waals surface area (Å²) >= 11 is 3.42. The summed E-state index contributed by atoms with van der Waals surface area (Å²) in [5.74, 6) is 1.20. The Bertz CT molecular complexity index is 523. The molecule has 4 nitrogen and oxygen atoms in total. The lowest BCUT2D eigenvalue weighted by molar-refractivity contribution is 0.0420. The lowest BCUT2D eigenvalue weighted by Crippen LogP contribution is -2.44. The Hall–Kier alpha value is -0.340. The molecule has 1 aliphatic heterocycles. The lowest BCUT2D eigenvalue weighted by Gasteiger charge is -2.32. The third kappa shape index (κ3) is 5.60. The molecule has 0 aliphatic carbocycles. The number of piperidine rings is 1. The minimum Gasteiger partial charge on any atom is -0.383 e. The first-order valence-corrected chi connectivity index (χ1v) is 8.77. The van der Waals surface area contributed by atoms with E-state index in [9.17, 15) is 5.11 Å². The number of hydrogen-bond acceptors (Lipinski definition) is 2. The lowest BCUT2D eigenvalue weighted by atomic mass is 9.91. The van der Waals surface area contributed by atoms with Crippen molar-refractivity contribution in [1.82, 2.24) is 4.90 Å². The number of nitrogens with two attached hydrogens (primary N) is 1. The van der Waals surface area contributed by atoms with E-state index in [1.807, 2.05) is 31.2 Å². The molecule has 0 bridgehead atoms. The molecule has 2 atom stereocenters. The van der Waals surface area contributed by atoms with E-state index in [4.69, 9.17) is 5.73 Å². The van der Waals surface area contributed by atoms with E-state index in [0.29, 0.717) is 24.8 Å². The van der Waals surface area contributed by atoms with Crippen LogP contribution in [0, 0.1) is 5.92 Å². The molecule has 1 fully saturated rings. The van der Waals surface area contributed by atoms with Crippen molar-refractivity contribution in [3.63, 3.8) is 0 Å². The van der Waals surface area contributed by atoms with E-state index < -0.39 is 5.60 Å². The van der Waals surface area contributed by atoms with Gasteiger partial charge in [0.25, 0.3) is 0 Å². The normalized spacial score (nSPS) is 21.5. The van der Waals surface area contributed by atoms with E-state index in [1.54, 1.807) is 0 Å². The summed E-state index contributed by atoms with van der Waals surface area (Å²) in [6.45, 7) is 6.42. The summed E-state index contributed by atoms with van der Waals surface area (Å²) in [5, 5.41) is 10.9. The smallest absolute Gasteiger partial charge is 0.191 e. The van der Waals surface area contributed by atoms with Gasteiger partial charge < -0.3 is 15.7 Å². The van der Waals surface area contributed by atoms with Gasteiger partial charge in [0.1, 0.15) is 5.60 Å². The second-order valence-corrected chi connectivity index (χ2v) is 7.18. The zero-order valence-electron chi connectivity index (χ0n) is 13.8. The largest absolute Gasteiger partial charge is 0.383 e. The highest BCUT2D eigenvalue weighted by Gasteiger charge is 2.27. The van der Waals surface area contributed by atoms with Crippen molar-refractivity contribution >= 4 is 45.9 Å². The van der Waals surface area contributed by atoms with Crippen molar-refractivity contribution in [2.45, 2.75) is 38.7 Å². The standard InChI is InChI=1S/C17H26BrN3O.HI/c1-3-17(22,14-6-8-15(18)9-7-14)12-20-16(19)21-10-4-5-13(2)11-21;/h6-9,13,22H,3-5,10-12H2,1-2H3,(H2,19,20);1H. The van der Waals surface area contributed by atoms with Crippen LogP contribution >= 0.6 is 39.9 Å². The van der Waals surface area contributed by atoms with Crippen LogP contribution in [0.2, 0.25) is 0 Å². The summed E-state index contributed by atoms with van der Waals surface area (Å²) in [6, 6.07) is 7.75. The van der Waals surface area contributed by atoms with E-state index in [1.165, 1.54) is 6.42 Å². The molecule has 0 aromatic heterocycles. The zero-order chi connectivity index (χ0) is 16.2. The van der Waals surface area contributed by atoms with Gasteiger partial charge in [0.05, 0.1) is 6.54 Å². The van der Waals surface area contributed by atoms with Crippen LogP contribution in [0.3, 0.4) is 0 Å². The minimum atomic E-state index is -0.966. The summed E-state index contributed by atoms with van der Waals surface area (Å²) in [7, 11) is 0. The van der Waals surface area contributed by atoms with E-state index in [2.05, 4.69) is 32.7 Å². The molecule has 0 saturated carbocycles. The van der Waals surface area contributed by atoms with Crippen LogP contribution in [0.4, 0.5) is 0 Å². The first-order valence-electron chi connectivity index (χ1n) is 7.98. The van der Waals surface area contributed by atoms with Crippen molar-refractivity contribution in [1.29, 1.82) is 0 Å². The molecule has 6 heteroatoms. The van der Waals surface area contributed by atoms with Gasteiger partial charge >= 0.3 is 0 Å². The van der Waals surface area contributed by atoms with Gasteiger partial charge in [-0.25, -0.2) is 4.99 Å². The Morgan fingerprint density at radius 3 is 2.65 bits per heavy atom. The summed E-state index contributed by atoms with van der Waals surface area (Å²) in [6.07, 6.45) is 3.01. The SMILES string of the molecule is CCC(O)(CN=C(N)N1CCCC(C)C1)c1ccc(Br)cc1.I. The minimum absolute atomic E-state index is 0. The van der Waals surface area contributed by atoms with Gasteiger partial charge in [-0.15, -0.1) is 24.0 Å². The molecule has 2 rings (SSSR count). The van der Waals surface area contributed by atoms with Crippen molar-refractivity contribution in [2.24, 2.45) is 16.6 Å². The Balaban J connectivity index is 0.00000264. The first-order chi connectivity index (χ1) is 10.4. The van der Waals surface area contributed by atoms with E-state index >= 15 is 0 Å². The van der Waals surface area contributed by atoms with Gasteiger partial charge in [-0.3, -0.25) is 0 Å². The molecule has 1 aliphatic rings. The molecular formula is C17H27BrIN3O. The maximum atomic E-state index is 10.9. The Morgan fingerprint density at radius 1 is 1.43 bits per heavy atom. The fourth-order valence-corrected chi connectivity index (χ4v) is 3.14. The third-order valence-electron chi connectivity index (χ3n) is 4.45. The highest BCUT2D eigenvalue weighted by molar-refractivity contribution is 14.0. The molecule has 2 unspecified atom stereocenters. The molecule has 1 heterocycles. The van der Waals surface area contributed by atoms with Crippen LogP contribution in [0.25, 0.3) is 0 Å². The predicted octanol–water partition coefficient (Wildman–Crippen LogP) is 3.71. The highest BCUT2D eigenvalue weighted by Crippen LogP contribution is 2.27. The molecule has 1 aromatic rings. The van der Waals surface area contributed by atoms with E-state index in [0.717, 1.165) is 29.5 Å². The van der Waals surface area contributed by atoms with Gasteiger partial charge in [0.2, 0.25) is 0 Å². The van der Waals surface area contributed by atoms with Crippen LogP contribution < -0.4 is 5.73 Å². The second kappa shape index (κ2) is 9.22. The fraction of sp³-hybridized carbons (Fsp3) is 0.588. The highest BCUT2D eigenvalue weighted by atomic mass is 127. The number of benzene rings is 1. The molecule has 0 amide bonds. The van der Waals surface area contributed by atoms with Crippen LogP contribution in [0.5, 0.6) is 0 Å². The Kier molecular flexibility index (Phi) is 8.30. The van der Waals surface area contributed by atoms with Gasteiger partial charge in [0, 0.05) is 17.6 Å². The third-order valence-corrected chi connectivity index (χ3v) is 4.98. The topological polar surface area (TPSA) is 61.9 Å². The molecule has 3 N–H and O–H groups in total. The van der Waals surface area contributed by atoms with Crippen molar-refractivity contribution < 1.29 is 5.11 Å². The Morgan fingerprint density at radius 2 is 2.09 bits per heavy atom. The Labute approximate surface area is 164 Å². The molecule has 23 heavy (non-hydrogen) atoms. The number of likely N-dealkylation sites (tertiary alicyclic amines) is 1. The van der Waals surface area contributed by atoms with Crippen LogP contribution in [-0.2, 0) is 5.60 Å². The molecule has 130 valence electrons. The van der Waals surface area contributed by atoms with Gasteiger partial charge in [-0.1, -0.05) is 41.9 Å². The number of aliphatic imine (C=N–C) groups is 1. The number of nitrogens with zero attached hydrogens (tertiary/aromatic N) is 2. The number of rotatable bonds is 4. The van der Waals surface area contributed by atoms with Gasteiger partial charge in [0.15, 0.2) is 5.96 Å². The van der Waals surface area contributed by atoms with Gasteiger partial charge in [-0.2, -0.15) is 0 Å². The van der Waals surface area contributed by atoms with E-state index in [-0.39, 0.29) is 24.0 Å². The van der Waals surface area contributed by atoms with Crippen LogP contribution in [-0.4, -0.2) is 35.6 Å². The predicted molar refractivity (Wildman–Crippen MR) is 110 cm³/mol. The van der Waals surface area contributed by atoms with Crippen molar-refractivity contribution in [3.8, 4) is 0 Å². The molecule has 1 aromatic carbocycles. The second-order valence-electron chi connectivity index (χ2n) is 6.26. The quantitative estimate of drug-likeness (QED) is 0.380. The number of aliphatic hydroxyl groups is 1. The van der Waals surface area contributed by atoms with Crippen molar-refractivity contribution in [3.05, 3.63) is 34.3 Å². The van der Waals surface area contributed by atoms with Crippen LogP contribution in [0.1, 0.15) is 38.7 Å². The molecule has 0 spiro atoms. The maximum absolute atomic E-state index is 10.9. The number of hydrogen-bond donors (Lipinski definition) is 2. The number of guanidine groups is 1. The summed E-state index contributed by atoms with van der Waals surface area (Å²) < 4.78 is 1.00. The molecule has 0 radical (unpaired) electrons. The summed E-state index contributed by atoms with van der Waals surface area (Å²) in [5.41, 5.74) is 6.04. The van der Waals surface area contributed by atoms with Crippen LogP contribution in [0.15, 0.2) is 33.7 Å². The average molecular weight is 496 g/mol. The van der Waals surface area contributed by atoms with Crippen molar-refractivity contribution in [2.75, 3.05) is 19.6 Å². The number of halogens is 2. The monoisotopic (exact) mass is 495 g/mol.